The van der Waals surface area contributed by atoms with Gasteiger partial charge in [-0.3, -0.25) is 0 Å². The molecule has 0 amide bonds. The third-order valence-electron chi connectivity index (χ3n) is 7.69. The van der Waals surface area contributed by atoms with E-state index in [1.807, 2.05) is 30.3 Å². The van der Waals surface area contributed by atoms with Gasteiger partial charge in [-0.25, -0.2) is 13.3 Å². The third-order valence-corrected chi connectivity index (χ3v) is 7.69. The molecule has 1 saturated carbocycles. The van der Waals surface area contributed by atoms with Crippen LogP contribution in [0.1, 0.15) is 25.7 Å². The predicted octanol–water partition coefficient (Wildman–Crippen LogP) is 4.47. The van der Waals surface area contributed by atoms with E-state index in [1.54, 1.807) is 21.7 Å². The number of rotatable bonds is 4. The number of halogens is 2. The second-order valence-electron chi connectivity index (χ2n) is 10.2. The van der Waals surface area contributed by atoms with Crippen molar-refractivity contribution in [3.8, 4) is 22.9 Å². The number of nitrogens with two attached hydrogens (primary N) is 1. The number of pyridine rings is 1. The molecule has 2 saturated heterocycles. The van der Waals surface area contributed by atoms with Crippen molar-refractivity contribution in [1.29, 1.82) is 0 Å². The number of piperidine rings is 1. The summed E-state index contributed by atoms with van der Waals surface area (Å²) in [6.07, 6.45) is 6.72. The van der Waals surface area contributed by atoms with Crippen molar-refractivity contribution < 1.29 is 13.2 Å². The molecule has 1 aromatic carbocycles. The number of anilines is 3. The Kier molecular flexibility index (Phi) is 4.23. The molecule has 0 atom stereocenters. The number of hydrogen-bond donors (Lipinski definition) is 1. The number of fused-ring (bicyclic) bond motifs is 1. The number of nitrogen functional groups attached to an aromatic ring is 1. The minimum Gasteiger partial charge on any atom is -0.416 e. The van der Waals surface area contributed by atoms with Gasteiger partial charge in [0.1, 0.15) is 5.82 Å². The van der Waals surface area contributed by atoms with E-state index in [0.29, 0.717) is 34.3 Å². The first-order valence-corrected chi connectivity index (χ1v) is 12.0. The molecule has 2 aliphatic heterocycles. The average molecular weight is 478 g/mol. The Morgan fingerprint density at radius 2 is 1.66 bits per heavy atom. The second-order valence-corrected chi connectivity index (χ2v) is 10.2. The lowest BCUT2D eigenvalue weighted by Crippen LogP contribution is -2.57. The summed E-state index contributed by atoms with van der Waals surface area (Å²) in [7, 11) is 0. The van der Waals surface area contributed by atoms with Crippen molar-refractivity contribution >= 4 is 22.7 Å². The molecular formula is C25H25F2N7O. The van der Waals surface area contributed by atoms with Crippen LogP contribution in [0.15, 0.2) is 47.0 Å². The fourth-order valence-corrected chi connectivity index (χ4v) is 5.38. The highest BCUT2D eigenvalue weighted by Gasteiger charge is 2.45. The van der Waals surface area contributed by atoms with Crippen LogP contribution in [0.4, 0.5) is 26.0 Å². The van der Waals surface area contributed by atoms with Crippen molar-refractivity contribution in [3.05, 3.63) is 42.6 Å². The number of aromatic nitrogens is 4. The van der Waals surface area contributed by atoms with Crippen LogP contribution in [0.3, 0.4) is 0 Å². The van der Waals surface area contributed by atoms with Gasteiger partial charge in [-0.15, -0.1) is 10.2 Å². The van der Waals surface area contributed by atoms with Gasteiger partial charge in [0.25, 0.3) is 5.92 Å². The average Bonchev–Trinajstić information content (AvgIpc) is 3.22. The van der Waals surface area contributed by atoms with E-state index in [0.717, 1.165) is 29.9 Å². The van der Waals surface area contributed by atoms with Crippen LogP contribution in [0.25, 0.3) is 28.4 Å². The Hall–Kier alpha value is -3.69. The molecule has 0 unspecified atom stereocenters. The highest BCUT2D eigenvalue weighted by Crippen LogP contribution is 2.54. The van der Waals surface area contributed by atoms with E-state index in [2.05, 4.69) is 20.2 Å². The zero-order valence-electron chi connectivity index (χ0n) is 19.1. The lowest BCUT2D eigenvalue weighted by molar-refractivity contribution is -0.0268. The molecule has 35 heavy (non-hydrogen) atoms. The Morgan fingerprint density at radius 1 is 0.886 bits per heavy atom. The van der Waals surface area contributed by atoms with Crippen molar-refractivity contribution in [2.24, 2.45) is 5.41 Å². The Balaban J connectivity index is 1.23. The fourth-order valence-electron chi connectivity index (χ4n) is 5.38. The van der Waals surface area contributed by atoms with Crippen molar-refractivity contribution in [1.82, 2.24) is 19.8 Å². The zero-order chi connectivity index (χ0) is 23.8. The van der Waals surface area contributed by atoms with Crippen molar-refractivity contribution in [2.75, 3.05) is 41.7 Å². The molecule has 3 aromatic heterocycles. The highest BCUT2D eigenvalue weighted by molar-refractivity contribution is 5.78. The predicted molar refractivity (Wildman–Crippen MR) is 129 cm³/mol. The molecule has 3 fully saturated rings. The first-order chi connectivity index (χ1) is 16.9. The van der Waals surface area contributed by atoms with Gasteiger partial charge in [-0.05, 0) is 67.5 Å². The lowest BCUT2D eigenvalue weighted by Gasteiger charge is -2.40. The van der Waals surface area contributed by atoms with E-state index in [-0.39, 0.29) is 13.1 Å². The van der Waals surface area contributed by atoms with E-state index in [9.17, 15) is 8.78 Å². The summed E-state index contributed by atoms with van der Waals surface area (Å²) in [5.74, 6) is -1.38. The molecule has 7 rings (SSSR count). The van der Waals surface area contributed by atoms with Crippen LogP contribution in [0.2, 0.25) is 0 Å². The van der Waals surface area contributed by atoms with Crippen LogP contribution in [0, 0.1) is 5.41 Å². The first-order valence-electron chi connectivity index (χ1n) is 12.0. The normalized spacial score (nSPS) is 20.4. The van der Waals surface area contributed by atoms with Gasteiger partial charge >= 0.3 is 0 Å². The molecule has 180 valence electrons. The molecule has 8 nitrogen and oxygen atoms in total. The molecule has 0 bridgehead atoms. The number of alkyl halides is 2. The Morgan fingerprint density at radius 3 is 2.40 bits per heavy atom. The lowest BCUT2D eigenvalue weighted by atomic mass is 9.93. The standard InChI is InChI=1S/C25H25F2N7O/c26-25(27)14-33(15-25)21-12-16(11-18-3-8-29-34(18)21)22-30-31-23(35-22)19-2-1-17(28)13-20(19)32-9-6-24(4-5-24)7-10-32/h1-3,8,11-13H,4-7,9-10,14-15,28H2. The number of benzene rings is 1. The zero-order valence-corrected chi connectivity index (χ0v) is 19.1. The van der Waals surface area contributed by atoms with E-state index in [4.69, 9.17) is 10.2 Å². The maximum atomic E-state index is 13.6. The smallest absolute Gasteiger partial charge is 0.282 e. The van der Waals surface area contributed by atoms with Gasteiger partial charge < -0.3 is 20.0 Å². The van der Waals surface area contributed by atoms with Gasteiger partial charge in [0.05, 0.1) is 36.1 Å². The minimum absolute atomic E-state index is 0.329. The summed E-state index contributed by atoms with van der Waals surface area (Å²) in [6.45, 7) is 1.29. The molecule has 5 heterocycles. The van der Waals surface area contributed by atoms with Crippen LogP contribution < -0.4 is 15.5 Å². The van der Waals surface area contributed by atoms with Crippen LogP contribution in [-0.2, 0) is 0 Å². The topological polar surface area (TPSA) is 88.7 Å². The second kappa shape index (κ2) is 7.16. The molecule has 10 heteroatoms. The van der Waals surface area contributed by atoms with Crippen molar-refractivity contribution in [3.63, 3.8) is 0 Å². The van der Waals surface area contributed by atoms with Gasteiger partial charge in [-0.1, -0.05) is 0 Å². The fraction of sp³-hybridized carbons (Fsp3) is 0.400. The van der Waals surface area contributed by atoms with Crippen LogP contribution >= 0.6 is 0 Å². The summed E-state index contributed by atoms with van der Waals surface area (Å²) in [5, 5.41) is 12.9. The monoisotopic (exact) mass is 477 g/mol. The van der Waals surface area contributed by atoms with Crippen LogP contribution in [0.5, 0.6) is 0 Å². The Bertz CT molecular complexity index is 1420. The molecule has 1 spiro atoms. The highest BCUT2D eigenvalue weighted by atomic mass is 19.3. The molecular weight excluding hydrogens is 452 g/mol. The van der Waals surface area contributed by atoms with E-state index < -0.39 is 5.92 Å². The van der Waals surface area contributed by atoms with E-state index in [1.165, 1.54) is 25.7 Å². The number of nitrogens with zero attached hydrogens (tertiary/aromatic N) is 6. The third kappa shape index (κ3) is 3.50. The summed E-state index contributed by atoms with van der Waals surface area (Å²) < 4.78 is 34.9. The molecule has 2 N–H and O–H groups in total. The van der Waals surface area contributed by atoms with Gasteiger partial charge in [0.2, 0.25) is 11.8 Å². The summed E-state index contributed by atoms with van der Waals surface area (Å²) in [4.78, 5) is 3.96. The largest absolute Gasteiger partial charge is 0.416 e. The van der Waals surface area contributed by atoms with Gasteiger partial charge in [0.15, 0.2) is 0 Å². The van der Waals surface area contributed by atoms with Gasteiger partial charge in [0, 0.05) is 24.3 Å². The van der Waals surface area contributed by atoms with Crippen molar-refractivity contribution in [2.45, 2.75) is 31.6 Å². The maximum Gasteiger partial charge on any atom is 0.282 e. The first kappa shape index (κ1) is 20.7. The SMILES string of the molecule is Nc1ccc(-c2nnc(-c3cc(N4CC(F)(F)C4)n4nccc4c3)o2)c(N2CCC3(CC2)CC3)c1. The summed E-state index contributed by atoms with van der Waals surface area (Å²) >= 11 is 0. The summed E-state index contributed by atoms with van der Waals surface area (Å²) in [5.41, 5.74) is 10.7. The molecule has 1 aliphatic carbocycles. The quantitative estimate of drug-likeness (QED) is 0.434. The minimum atomic E-state index is -2.69. The Labute approximate surface area is 200 Å². The maximum absolute atomic E-state index is 13.6. The molecule has 4 aromatic rings. The van der Waals surface area contributed by atoms with Gasteiger partial charge in [-0.2, -0.15) is 5.10 Å². The van der Waals surface area contributed by atoms with E-state index >= 15 is 0 Å². The van der Waals surface area contributed by atoms with Crippen LogP contribution in [-0.4, -0.2) is 51.9 Å². The summed E-state index contributed by atoms with van der Waals surface area (Å²) in [6, 6.07) is 11.2. The number of hydrogen-bond acceptors (Lipinski definition) is 7. The molecule has 0 radical (unpaired) electrons. The molecule has 3 aliphatic rings.